The number of imide groups is 1. The van der Waals surface area contributed by atoms with Gasteiger partial charge >= 0.3 is 0 Å². The maximum atomic E-state index is 13.7. The summed E-state index contributed by atoms with van der Waals surface area (Å²) in [6, 6.07) is 17.4. The van der Waals surface area contributed by atoms with Gasteiger partial charge in [0.15, 0.2) is 11.5 Å². The molecule has 0 radical (unpaired) electrons. The molecular weight excluding hydrogens is 556 g/mol. The van der Waals surface area contributed by atoms with Gasteiger partial charge in [-0.15, -0.1) is 0 Å². The van der Waals surface area contributed by atoms with E-state index in [-0.39, 0.29) is 30.2 Å². The Balaban J connectivity index is 1.08. The van der Waals surface area contributed by atoms with Gasteiger partial charge in [0.1, 0.15) is 0 Å². The van der Waals surface area contributed by atoms with Crippen LogP contribution >= 0.6 is 0 Å². The van der Waals surface area contributed by atoms with Crippen LogP contribution in [-0.4, -0.2) is 81.0 Å². The molecule has 3 aliphatic rings. The number of nitrogens with zero attached hydrogens (tertiary/aromatic N) is 4. The highest BCUT2D eigenvalue weighted by molar-refractivity contribution is 6.23. The van der Waals surface area contributed by atoms with Crippen molar-refractivity contribution in [3.05, 3.63) is 82.4 Å². The molecule has 3 aromatic rings. The van der Waals surface area contributed by atoms with Crippen LogP contribution in [0.3, 0.4) is 0 Å². The monoisotopic (exact) mass is 596 g/mol. The number of anilines is 2. The number of rotatable bonds is 7. The second-order valence-corrected chi connectivity index (χ2v) is 11.9. The quantitative estimate of drug-likeness (QED) is 0.367. The van der Waals surface area contributed by atoms with Gasteiger partial charge in [-0.1, -0.05) is 29.8 Å². The van der Waals surface area contributed by atoms with Crippen LogP contribution in [0.15, 0.2) is 54.6 Å². The van der Waals surface area contributed by atoms with Gasteiger partial charge in [-0.25, -0.2) is 0 Å². The van der Waals surface area contributed by atoms with Crippen molar-refractivity contribution in [2.45, 2.75) is 33.2 Å². The third kappa shape index (κ3) is 5.47. The van der Waals surface area contributed by atoms with Gasteiger partial charge in [0.05, 0.1) is 37.6 Å². The van der Waals surface area contributed by atoms with E-state index in [1.165, 1.54) is 21.7 Å². The van der Waals surface area contributed by atoms with E-state index in [0.717, 1.165) is 50.3 Å². The summed E-state index contributed by atoms with van der Waals surface area (Å²) in [5.74, 6) is 0.734. The van der Waals surface area contributed by atoms with E-state index < -0.39 is 0 Å². The van der Waals surface area contributed by atoms with Gasteiger partial charge in [-0.3, -0.25) is 19.3 Å². The predicted octanol–water partition coefficient (Wildman–Crippen LogP) is 4.68. The highest BCUT2D eigenvalue weighted by Gasteiger charge is 2.39. The maximum absolute atomic E-state index is 13.7. The van der Waals surface area contributed by atoms with Crippen molar-refractivity contribution in [2.75, 3.05) is 63.3 Å². The van der Waals surface area contributed by atoms with E-state index in [4.69, 9.17) is 9.47 Å². The summed E-state index contributed by atoms with van der Waals surface area (Å²) in [4.78, 5) is 48.4. The lowest BCUT2D eigenvalue weighted by atomic mass is 9.93. The van der Waals surface area contributed by atoms with Gasteiger partial charge < -0.3 is 24.2 Å². The second-order valence-electron chi connectivity index (χ2n) is 11.9. The maximum Gasteiger partial charge on any atom is 0.263 e. The molecule has 3 amide bonds. The normalized spacial score (nSPS) is 17.3. The molecule has 0 N–H and O–H groups in total. The van der Waals surface area contributed by atoms with Crippen molar-refractivity contribution in [3.8, 4) is 11.5 Å². The lowest BCUT2D eigenvalue weighted by Crippen LogP contribution is -2.52. The highest BCUT2D eigenvalue weighted by Crippen LogP contribution is 2.36. The number of hydrogen-bond donors (Lipinski definition) is 0. The van der Waals surface area contributed by atoms with Crippen molar-refractivity contribution in [1.29, 1.82) is 0 Å². The second kappa shape index (κ2) is 12.2. The molecule has 3 heterocycles. The molecule has 0 saturated carbocycles. The Labute approximate surface area is 258 Å². The zero-order valence-electron chi connectivity index (χ0n) is 26.0. The molecule has 2 saturated heterocycles. The Morgan fingerprint density at radius 2 is 1.48 bits per heavy atom. The standard InChI is InChI=1S/C35H40N4O5/c1-23-8-10-28(24(2)20-23)37-16-18-38(19-17-37)33(40)26-12-14-36(15-13-26)29-7-5-6-27-32(29)35(42)39(34(27)41)22-25-9-11-30(43-3)31(21-25)44-4/h5-11,20-21,26H,12-19,22H2,1-4H3. The van der Waals surface area contributed by atoms with E-state index >= 15 is 0 Å². The third-order valence-electron chi connectivity index (χ3n) is 9.23. The lowest BCUT2D eigenvalue weighted by molar-refractivity contribution is -0.136. The molecule has 2 fully saturated rings. The first kappa shape index (κ1) is 29.5. The first-order chi connectivity index (χ1) is 21.3. The highest BCUT2D eigenvalue weighted by atomic mass is 16.5. The fraction of sp³-hybridized carbons (Fsp3) is 0.400. The molecule has 230 valence electrons. The van der Waals surface area contributed by atoms with Crippen LogP contribution in [0, 0.1) is 19.8 Å². The molecule has 0 bridgehead atoms. The SMILES string of the molecule is COc1ccc(CN2C(=O)c3cccc(N4CCC(C(=O)N5CCN(c6ccc(C)cc6C)CC5)CC4)c3C2=O)cc1OC. The minimum atomic E-state index is -0.299. The minimum absolute atomic E-state index is 0.0328. The molecule has 3 aromatic carbocycles. The average molecular weight is 597 g/mol. The number of piperidine rings is 1. The molecule has 9 nitrogen and oxygen atoms in total. The fourth-order valence-corrected chi connectivity index (χ4v) is 6.84. The molecule has 3 aliphatic heterocycles. The van der Waals surface area contributed by atoms with Gasteiger partial charge in [0.2, 0.25) is 5.91 Å². The number of aryl methyl sites for hydroxylation is 2. The number of ether oxygens (including phenoxy) is 2. The van der Waals surface area contributed by atoms with Gasteiger partial charge in [0.25, 0.3) is 11.8 Å². The van der Waals surface area contributed by atoms with Gasteiger partial charge in [-0.2, -0.15) is 0 Å². The molecule has 0 aromatic heterocycles. The van der Waals surface area contributed by atoms with E-state index in [9.17, 15) is 14.4 Å². The first-order valence-corrected chi connectivity index (χ1v) is 15.3. The number of methoxy groups -OCH3 is 2. The number of carbonyl (C=O) groups is 3. The summed E-state index contributed by atoms with van der Waals surface area (Å²) in [6.45, 7) is 8.84. The number of fused-ring (bicyclic) bond motifs is 1. The molecule has 44 heavy (non-hydrogen) atoms. The number of hydrogen-bond acceptors (Lipinski definition) is 7. The summed E-state index contributed by atoms with van der Waals surface area (Å²) in [7, 11) is 3.12. The van der Waals surface area contributed by atoms with E-state index in [0.29, 0.717) is 35.7 Å². The van der Waals surface area contributed by atoms with Crippen molar-refractivity contribution in [2.24, 2.45) is 5.92 Å². The zero-order chi connectivity index (χ0) is 31.0. The Kier molecular flexibility index (Phi) is 8.21. The van der Waals surface area contributed by atoms with E-state index in [1.807, 2.05) is 23.1 Å². The first-order valence-electron chi connectivity index (χ1n) is 15.3. The smallest absolute Gasteiger partial charge is 0.263 e. The number of benzene rings is 3. The average Bonchev–Trinajstić information content (AvgIpc) is 3.29. The number of piperazine rings is 1. The van der Waals surface area contributed by atoms with Crippen molar-refractivity contribution in [1.82, 2.24) is 9.80 Å². The third-order valence-corrected chi connectivity index (χ3v) is 9.23. The van der Waals surface area contributed by atoms with Crippen molar-refractivity contribution < 1.29 is 23.9 Å². The number of amides is 3. The topological polar surface area (TPSA) is 82.6 Å². The van der Waals surface area contributed by atoms with Crippen LogP contribution in [-0.2, 0) is 11.3 Å². The molecule has 0 aliphatic carbocycles. The largest absolute Gasteiger partial charge is 0.493 e. The predicted molar refractivity (Wildman–Crippen MR) is 170 cm³/mol. The van der Waals surface area contributed by atoms with Crippen LogP contribution < -0.4 is 19.3 Å². The van der Waals surface area contributed by atoms with Crippen molar-refractivity contribution in [3.63, 3.8) is 0 Å². The van der Waals surface area contributed by atoms with E-state index in [2.05, 4.69) is 41.8 Å². The summed E-state index contributed by atoms with van der Waals surface area (Å²) in [6.07, 6.45) is 1.44. The Bertz CT molecular complexity index is 1590. The Morgan fingerprint density at radius 1 is 0.773 bits per heavy atom. The Hall–Kier alpha value is -4.53. The van der Waals surface area contributed by atoms with Crippen LogP contribution in [0.1, 0.15) is 50.2 Å². The summed E-state index contributed by atoms with van der Waals surface area (Å²) in [5.41, 5.74) is 6.19. The van der Waals surface area contributed by atoms with Crippen molar-refractivity contribution >= 4 is 29.1 Å². The molecule has 0 spiro atoms. The summed E-state index contributed by atoms with van der Waals surface area (Å²) >= 11 is 0. The molecule has 6 rings (SSSR count). The number of carbonyl (C=O) groups excluding carboxylic acids is 3. The Morgan fingerprint density at radius 3 is 2.16 bits per heavy atom. The summed E-state index contributed by atoms with van der Waals surface area (Å²) in [5, 5.41) is 0. The fourth-order valence-electron chi connectivity index (χ4n) is 6.84. The van der Waals surface area contributed by atoms with Gasteiger partial charge in [-0.05, 0) is 68.1 Å². The molecule has 9 heteroatoms. The molecule has 0 atom stereocenters. The van der Waals surface area contributed by atoms with Crippen LogP contribution in [0.4, 0.5) is 11.4 Å². The van der Waals surface area contributed by atoms with Gasteiger partial charge in [0, 0.05) is 50.9 Å². The van der Waals surface area contributed by atoms with Crippen LogP contribution in [0.2, 0.25) is 0 Å². The summed E-state index contributed by atoms with van der Waals surface area (Å²) < 4.78 is 10.7. The zero-order valence-corrected chi connectivity index (χ0v) is 26.0. The van der Waals surface area contributed by atoms with E-state index in [1.54, 1.807) is 32.4 Å². The van der Waals surface area contributed by atoms with Crippen LogP contribution in [0.25, 0.3) is 0 Å². The molecule has 0 unspecified atom stereocenters. The molecular formula is C35H40N4O5. The van der Waals surface area contributed by atoms with Crippen LogP contribution in [0.5, 0.6) is 11.5 Å². The lowest BCUT2D eigenvalue weighted by Gasteiger charge is -2.40. The minimum Gasteiger partial charge on any atom is -0.493 e.